The topological polar surface area (TPSA) is 92.7 Å². The number of aromatic amines is 1. The van der Waals surface area contributed by atoms with Crippen LogP contribution in [0.4, 0.5) is 5.82 Å². The highest BCUT2D eigenvalue weighted by Crippen LogP contribution is 2.28. The zero-order chi connectivity index (χ0) is 20.5. The fourth-order valence-corrected chi connectivity index (χ4v) is 3.94. The molecule has 0 spiro atoms. The third kappa shape index (κ3) is 4.16. The number of rotatable bonds is 4. The molecule has 0 aliphatic rings. The van der Waals surface area contributed by atoms with E-state index in [0.717, 1.165) is 9.35 Å². The normalized spacial score (nSPS) is 10.9. The molecular formula is C19H13BrClN5O2S. The molecule has 29 heavy (non-hydrogen) atoms. The van der Waals surface area contributed by atoms with Gasteiger partial charge in [0.05, 0.1) is 15.5 Å². The zero-order valence-electron chi connectivity index (χ0n) is 14.9. The molecule has 2 N–H and O–H groups in total. The third-order valence-corrected chi connectivity index (χ3v) is 5.67. The Hall–Kier alpha value is -2.75. The van der Waals surface area contributed by atoms with Gasteiger partial charge in [-0.05, 0) is 36.6 Å². The van der Waals surface area contributed by atoms with Crippen molar-refractivity contribution < 1.29 is 4.79 Å². The molecule has 146 valence electrons. The number of nitrogens with zero attached hydrogens (tertiary/aromatic N) is 3. The van der Waals surface area contributed by atoms with Gasteiger partial charge < -0.3 is 5.32 Å². The number of halogens is 2. The molecule has 3 heterocycles. The lowest BCUT2D eigenvalue weighted by Gasteiger charge is -2.09. The maximum Gasteiger partial charge on any atom is 0.258 e. The van der Waals surface area contributed by atoms with Crippen LogP contribution in [0.15, 0.2) is 57.1 Å². The third-order valence-electron chi connectivity index (χ3n) is 3.96. The second-order valence-electron chi connectivity index (χ2n) is 6.09. The molecule has 3 aromatic heterocycles. The Morgan fingerprint density at radius 3 is 2.83 bits per heavy atom. The number of aryl methyl sites for hydroxylation is 1. The lowest BCUT2D eigenvalue weighted by atomic mass is 10.2. The quantitative estimate of drug-likeness (QED) is 0.435. The first-order valence-corrected chi connectivity index (χ1v) is 10.4. The van der Waals surface area contributed by atoms with E-state index in [2.05, 4.69) is 36.3 Å². The van der Waals surface area contributed by atoms with E-state index in [4.69, 9.17) is 11.6 Å². The number of carbonyl (C=O) groups excluding carboxylic acids is 1. The highest BCUT2D eigenvalue weighted by Gasteiger charge is 2.18. The van der Waals surface area contributed by atoms with Crippen molar-refractivity contribution in [3.05, 3.63) is 79.0 Å². The van der Waals surface area contributed by atoms with Crippen molar-refractivity contribution in [2.24, 2.45) is 0 Å². The first kappa shape index (κ1) is 19.6. The number of hydrogen-bond donors (Lipinski definition) is 2. The average molecular weight is 491 g/mol. The Balaban J connectivity index is 1.80. The summed E-state index contributed by atoms with van der Waals surface area (Å²) in [5, 5.41) is 9.59. The van der Waals surface area contributed by atoms with Crippen LogP contribution in [0.1, 0.15) is 16.1 Å². The lowest BCUT2D eigenvalue weighted by Crippen LogP contribution is -2.19. The van der Waals surface area contributed by atoms with E-state index in [9.17, 15) is 9.59 Å². The Morgan fingerprint density at radius 2 is 2.10 bits per heavy atom. The van der Waals surface area contributed by atoms with Gasteiger partial charge in [0.25, 0.3) is 11.5 Å². The van der Waals surface area contributed by atoms with E-state index in [1.165, 1.54) is 22.1 Å². The van der Waals surface area contributed by atoms with Crippen LogP contribution in [0.25, 0.3) is 16.5 Å². The highest BCUT2D eigenvalue weighted by molar-refractivity contribution is 9.10. The first-order valence-electron chi connectivity index (χ1n) is 8.39. The van der Waals surface area contributed by atoms with Crippen molar-refractivity contribution >= 4 is 50.6 Å². The van der Waals surface area contributed by atoms with Crippen LogP contribution in [-0.4, -0.2) is 25.7 Å². The van der Waals surface area contributed by atoms with Gasteiger partial charge in [0, 0.05) is 22.3 Å². The molecular weight excluding hydrogens is 478 g/mol. The summed E-state index contributed by atoms with van der Waals surface area (Å²) in [6.07, 6.45) is 0. The lowest BCUT2D eigenvalue weighted by molar-refractivity contribution is 0.102. The van der Waals surface area contributed by atoms with Crippen LogP contribution in [0, 0.1) is 6.92 Å². The van der Waals surface area contributed by atoms with Crippen molar-refractivity contribution in [3.8, 4) is 16.5 Å². The molecule has 0 atom stereocenters. The number of hydrogen-bond acceptors (Lipinski definition) is 5. The molecule has 4 aromatic rings. The number of thiophene rings is 1. The molecule has 0 aliphatic carbocycles. The Labute approximate surface area is 182 Å². The van der Waals surface area contributed by atoms with Gasteiger partial charge in [-0.25, -0.2) is 4.98 Å². The molecule has 0 radical (unpaired) electrons. The minimum atomic E-state index is -0.412. The fourth-order valence-electron chi connectivity index (χ4n) is 2.70. The van der Waals surface area contributed by atoms with E-state index in [0.29, 0.717) is 27.8 Å². The van der Waals surface area contributed by atoms with Crippen LogP contribution in [0.5, 0.6) is 0 Å². The van der Waals surface area contributed by atoms with Crippen molar-refractivity contribution in [1.82, 2.24) is 19.7 Å². The first-order chi connectivity index (χ1) is 13.9. The summed E-state index contributed by atoms with van der Waals surface area (Å²) in [5.74, 6) is 0.141. The van der Waals surface area contributed by atoms with Gasteiger partial charge in [0.2, 0.25) is 5.95 Å². The van der Waals surface area contributed by atoms with Crippen LogP contribution in [0.2, 0.25) is 5.02 Å². The summed E-state index contributed by atoms with van der Waals surface area (Å²) < 4.78 is 2.12. The number of nitrogens with one attached hydrogen (secondary N) is 2. The second-order valence-corrected chi connectivity index (χ2v) is 8.36. The van der Waals surface area contributed by atoms with Crippen molar-refractivity contribution in [1.29, 1.82) is 0 Å². The highest BCUT2D eigenvalue weighted by atomic mass is 79.9. The number of aromatic nitrogens is 4. The van der Waals surface area contributed by atoms with Crippen LogP contribution < -0.4 is 10.9 Å². The number of anilines is 1. The minimum absolute atomic E-state index is 0.202. The van der Waals surface area contributed by atoms with E-state index in [1.54, 1.807) is 31.2 Å². The molecule has 0 fully saturated rings. The zero-order valence-corrected chi connectivity index (χ0v) is 18.1. The monoisotopic (exact) mass is 489 g/mol. The van der Waals surface area contributed by atoms with Gasteiger partial charge >= 0.3 is 0 Å². The molecule has 7 nitrogen and oxygen atoms in total. The van der Waals surface area contributed by atoms with Gasteiger partial charge in [-0.3, -0.25) is 14.6 Å². The fraction of sp³-hybridized carbons (Fsp3) is 0.0526. The molecule has 0 bridgehead atoms. The standard InChI is InChI=1S/C19H13BrClN5O2S/c1-10-7-17(27)24-19(22-10)26-16(9-14(25-26)15-3-2-6-29-15)23-18(28)12-8-11(20)4-5-13(12)21/h2-9H,1H3,(H,23,28)(H,22,24,27). The Kier molecular flexibility index (Phi) is 5.35. The SMILES string of the molecule is Cc1cc(=O)[nH]c(-n2nc(-c3cccs3)cc2NC(=O)c2cc(Br)ccc2Cl)n1. The molecule has 1 aromatic carbocycles. The van der Waals surface area contributed by atoms with Crippen molar-refractivity contribution in [2.45, 2.75) is 6.92 Å². The van der Waals surface area contributed by atoms with Crippen LogP contribution in [-0.2, 0) is 0 Å². The van der Waals surface area contributed by atoms with Gasteiger partial charge in [0.1, 0.15) is 11.5 Å². The predicted molar refractivity (Wildman–Crippen MR) is 117 cm³/mol. The molecule has 1 amide bonds. The maximum absolute atomic E-state index is 12.9. The largest absolute Gasteiger partial charge is 0.306 e. The minimum Gasteiger partial charge on any atom is -0.306 e. The summed E-state index contributed by atoms with van der Waals surface area (Å²) in [5.41, 5.74) is 1.16. The number of carbonyl (C=O) groups is 1. The smallest absolute Gasteiger partial charge is 0.258 e. The molecule has 0 unspecified atom stereocenters. The average Bonchev–Trinajstić information content (AvgIpc) is 3.32. The van der Waals surface area contributed by atoms with Crippen LogP contribution >= 0.6 is 38.9 Å². The molecule has 10 heteroatoms. The number of H-pyrrole nitrogens is 1. The van der Waals surface area contributed by atoms with Crippen LogP contribution in [0.3, 0.4) is 0 Å². The van der Waals surface area contributed by atoms with Crippen molar-refractivity contribution in [3.63, 3.8) is 0 Å². The van der Waals surface area contributed by atoms with E-state index in [1.807, 2.05) is 17.5 Å². The van der Waals surface area contributed by atoms with Crippen molar-refractivity contribution in [2.75, 3.05) is 5.32 Å². The summed E-state index contributed by atoms with van der Waals surface area (Å²) >= 11 is 11.0. The Morgan fingerprint density at radius 1 is 1.28 bits per heavy atom. The summed E-state index contributed by atoms with van der Waals surface area (Å²) in [6, 6.07) is 11.9. The predicted octanol–water partition coefficient (Wildman–Crippen LogP) is 4.66. The summed E-state index contributed by atoms with van der Waals surface area (Å²) in [4.78, 5) is 32.7. The maximum atomic E-state index is 12.9. The van der Waals surface area contributed by atoms with E-state index >= 15 is 0 Å². The summed E-state index contributed by atoms with van der Waals surface area (Å²) in [6.45, 7) is 1.71. The van der Waals surface area contributed by atoms with Gasteiger partial charge in [0.15, 0.2) is 0 Å². The van der Waals surface area contributed by atoms with Gasteiger partial charge in [-0.2, -0.15) is 9.78 Å². The van der Waals surface area contributed by atoms with E-state index in [-0.39, 0.29) is 11.5 Å². The molecule has 0 saturated heterocycles. The number of benzene rings is 1. The summed E-state index contributed by atoms with van der Waals surface area (Å²) in [7, 11) is 0. The molecule has 4 rings (SSSR count). The number of amides is 1. The van der Waals surface area contributed by atoms with Gasteiger partial charge in [-0.15, -0.1) is 11.3 Å². The Bertz CT molecular complexity index is 1270. The van der Waals surface area contributed by atoms with Gasteiger partial charge in [-0.1, -0.05) is 33.6 Å². The van der Waals surface area contributed by atoms with E-state index < -0.39 is 5.91 Å². The molecule has 0 saturated carbocycles. The second kappa shape index (κ2) is 7.94. The molecule has 0 aliphatic heterocycles.